The number of rotatable bonds is 4. The number of hydrogen-bond donors (Lipinski definition) is 1. The van der Waals surface area contributed by atoms with Crippen LogP contribution >= 0.6 is 0 Å². The van der Waals surface area contributed by atoms with Crippen LogP contribution < -0.4 is 15.1 Å². The Hall–Kier alpha value is -3.22. The number of anilines is 3. The van der Waals surface area contributed by atoms with E-state index in [-0.39, 0.29) is 36.5 Å². The van der Waals surface area contributed by atoms with E-state index in [2.05, 4.69) is 5.32 Å². The highest BCUT2D eigenvalue weighted by Crippen LogP contribution is 2.28. The SMILES string of the molecule is Cc1ccc(N2C[C@@H](C(=O)Nc3cccc(N4CCCC4=O)c3)CC2=O)cc1F. The van der Waals surface area contributed by atoms with Crippen molar-refractivity contribution in [2.75, 3.05) is 28.2 Å². The molecule has 2 aromatic carbocycles. The molecule has 0 aliphatic carbocycles. The van der Waals surface area contributed by atoms with Crippen molar-refractivity contribution in [1.82, 2.24) is 0 Å². The molecule has 29 heavy (non-hydrogen) atoms. The summed E-state index contributed by atoms with van der Waals surface area (Å²) in [5.41, 5.74) is 2.30. The molecule has 7 heteroatoms. The van der Waals surface area contributed by atoms with E-state index in [1.54, 1.807) is 42.2 Å². The fourth-order valence-electron chi connectivity index (χ4n) is 3.80. The van der Waals surface area contributed by atoms with Gasteiger partial charge in [0.2, 0.25) is 17.7 Å². The third kappa shape index (κ3) is 3.85. The largest absolute Gasteiger partial charge is 0.326 e. The van der Waals surface area contributed by atoms with E-state index < -0.39 is 5.92 Å². The number of carbonyl (C=O) groups is 3. The lowest BCUT2D eigenvalue weighted by Crippen LogP contribution is -2.28. The van der Waals surface area contributed by atoms with Gasteiger partial charge in [-0.25, -0.2) is 4.39 Å². The Morgan fingerprint density at radius 2 is 1.86 bits per heavy atom. The maximum atomic E-state index is 13.9. The van der Waals surface area contributed by atoms with E-state index >= 15 is 0 Å². The van der Waals surface area contributed by atoms with E-state index in [0.29, 0.717) is 29.9 Å². The number of benzene rings is 2. The molecule has 0 spiro atoms. The van der Waals surface area contributed by atoms with Gasteiger partial charge in [0.05, 0.1) is 5.92 Å². The Bertz CT molecular complexity index is 991. The highest BCUT2D eigenvalue weighted by atomic mass is 19.1. The summed E-state index contributed by atoms with van der Waals surface area (Å²) in [5.74, 6) is -1.29. The molecule has 0 bridgehead atoms. The first-order chi connectivity index (χ1) is 13.9. The summed E-state index contributed by atoms with van der Waals surface area (Å²) < 4.78 is 13.9. The first kappa shape index (κ1) is 19.1. The fraction of sp³-hybridized carbons (Fsp3) is 0.318. The van der Waals surface area contributed by atoms with Crippen LogP contribution in [0.1, 0.15) is 24.8 Å². The zero-order valence-corrected chi connectivity index (χ0v) is 16.2. The summed E-state index contributed by atoms with van der Waals surface area (Å²) in [6.07, 6.45) is 1.44. The molecule has 2 aromatic rings. The van der Waals surface area contributed by atoms with Crippen molar-refractivity contribution in [1.29, 1.82) is 0 Å². The lowest BCUT2D eigenvalue weighted by molar-refractivity contribution is -0.122. The molecule has 2 heterocycles. The first-order valence-corrected chi connectivity index (χ1v) is 9.70. The van der Waals surface area contributed by atoms with Crippen LogP contribution in [0, 0.1) is 18.7 Å². The van der Waals surface area contributed by atoms with E-state index in [1.807, 2.05) is 6.07 Å². The zero-order chi connectivity index (χ0) is 20.5. The fourth-order valence-corrected chi connectivity index (χ4v) is 3.80. The van der Waals surface area contributed by atoms with E-state index in [9.17, 15) is 18.8 Å². The van der Waals surface area contributed by atoms with Gasteiger partial charge in [0.1, 0.15) is 5.82 Å². The lowest BCUT2D eigenvalue weighted by Gasteiger charge is -2.18. The molecule has 2 aliphatic rings. The topological polar surface area (TPSA) is 69.7 Å². The molecule has 1 N–H and O–H groups in total. The average molecular weight is 395 g/mol. The molecular weight excluding hydrogens is 373 g/mol. The highest BCUT2D eigenvalue weighted by Gasteiger charge is 2.35. The van der Waals surface area contributed by atoms with Crippen molar-refractivity contribution in [2.45, 2.75) is 26.2 Å². The highest BCUT2D eigenvalue weighted by molar-refractivity contribution is 6.04. The van der Waals surface area contributed by atoms with Gasteiger partial charge in [-0.1, -0.05) is 12.1 Å². The van der Waals surface area contributed by atoms with Crippen LogP contribution in [0.5, 0.6) is 0 Å². The number of carbonyl (C=O) groups excluding carboxylic acids is 3. The number of amides is 3. The van der Waals surface area contributed by atoms with Gasteiger partial charge in [-0.2, -0.15) is 0 Å². The van der Waals surface area contributed by atoms with Gasteiger partial charge >= 0.3 is 0 Å². The molecule has 150 valence electrons. The number of halogens is 1. The molecule has 2 fully saturated rings. The minimum absolute atomic E-state index is 0.0750. The van der Waals surface area contributed by atoms with Crippen LogP contribution in [0.4, 0.5) is 21.5 Å². The van der Waals surface area contributed by atoms with Gasteiger partial charge in [0, 0.05) is 43.0 Å². The average Bonchev–Trinajstić information content (AvgIpc) is 3.30. The molecule has 3 amide bonds. The Balaban J connectivity index is 1.45. The summed E-state index contributed by atoms with van der Waals surface area (Å²) in [5, 5.41) is 2.85. The predicted molar refractivity (Wildman–Crippen MR) is 108 cm³/mol. The predicted octanol–water partition coefficient (Wildman–Crippen LogP) is 3.25. The molecule has 2 saturated heterocycles. The van der Waals surface area contributed by atoms with Crippen molar-refractivity contribution in [3.8, 4) is 0 Å². The van der Waals surface area contributed by atoms with Gasteiger partial charge in [0.25, 0.3) is 0 Å². The summed E-state index contributed by atoms with van der Waals surface area (Å²) in [6.45, 7) is 2.54. The summed E-state index contributed by atoms with van der Waals surface area (Å²) in [7, 11) is 0. The molecule has 0 saturated carbocycles. The zero-order valence-electron chi connectivity index (χ0n) is 16.2. The maximum absolute atomic E-state index is 13.9. The lowest BCUT2D eigenvalue weighted by atomic mass is 10.1. The molecule has 6 nitrogen and oxygen atoms in total. The Kier molecular flexibility index (Phi) is 5.05. The van der Waals surface area contributed by atoms with Crippen molar-refractivity contribution in [3.63, 3.8) is 0 Å². The Labute approximate surface area is 168 Å². The molecule has 0 radical (unpaired) electrons. The van der Waals surface area contributed by atoms with Gasteiger partial charge in [-0.3, -0.25) is 14.4 Å². The smallest absolute Gasteiger partial charge is 0.229 e. The molecule has 2 aliphatic heterocycles. The standard InChI is InChI=1S/C22H22FN3O3/c1-14-7-8-18(12-19(14)23)26-13-15(10-21(26)28)22(29)24-16-4-2-5-17(11-16)25-9-3-6-20(25)27/h2,4-5,7-8,11-12,15H,3,6,9-10,13H2,1H3,(H,24,29)/t15-/m0/s1. The monoisotopic (exact) mass is 395 g/mol. The van der Waals surface area contributed by atoms with Crippen molar-refractivity contribution in [3.05, 3.63) is 53.8 Å². The minimum atomic E-state index is -0.524. The number of nitrogens with zero attached hydrogens (tertiary/aromatic N) is 2. The quantitative estimate of drug-likeness (QED) is 0.864. The van der Waals surface area contributed by atoms with E-state index in [4.69, 9.17) is 0 Å². The number of aryl methyl sites for hydroxylation is 1. The second-order valence-corrected chi connectivity index (χ2v) is 7.53. The van der Waals surface area contributed by atoms with Crippen LogP contribution in [0.3, 0.4) is 0 Å². The van der Waals surface area contributed by atoms with Gasteiger partial charge in [-0.05, 0) is 49.2 Å². The molecule has 0 aromatic heterocycles. The maximum Gasteiger partial charge on any atom is 0.229 e. The second kappa shape index (κ2) is 7.66. The van der Waals surface area contributed by atoms with Crippen LogP contribution in [-0.2, 0) is 14.4 Å². The van der Waals surface area contributed by atoms with E-state index in [1.165, 1.54) is 11.0 Å². The van der Waals surface area contributed by atoms with E-state index in [0.717, 1.165) is 12.1 Å². The normalized spacial score (nSPS) is 19.2. The van der Waals surface area contributed by atoms with Gasteiger partial charge in [0.15, 0.2) is 0 Å². The van der Waals surface area contributed by atoms with Crippen LogP contribution in [0.15, 0.2) is 42.5 Å². The van der Waals surface area contributed by atoms with Crippen molar-refractivity contribution in [2.24, 2.45) is 5.92 Å². The Morgan fingerprint density at radius 3 is 2.59 bits per heavy atom. The second-order valence-electron chi connectivity index (χ2n) is 7.53. The van der Waals surface area contributed by atoms with Crippen molar-refractivity contribution >= 4 is 34.8 Å². The third-order valence-corrected chi connectivity index (χ3v) is 5.46. The summed E-state index contributed by atoms with van der Waals surface area (Å²) >= 11 is 0. The van der Waals surface area contributed by atoms with Gasteiger partial charge in [-0.15, -0.1) is 0 Å². The Morgan fingerprint density at radius 1 is 1.07 bits per heavy atom. The third-order valence-electron chi connectivity index (χ3n) is 5.46. The van der Waals surface area contributed by atoms with Crippen molar-refractivity contribution < 1.29 is 18.8 Å². The molecule has 1 atom stereocenters. The molecule has 0 unspecified atom stereocenters. The molecular formula is C22H22FN3O3. The minimum Gasteiger partial charge on any atom is -0.326 e. The summed E-state index contributed by atoms with van der Waals surface area (Å²) in [4.78, 5) is 40.2. The van der Waals surface area contributed by atoms with Crippen LogP contribution in [0.25, 0.3) is 0 Å². The number of hydrogen-bond acceptors (Lipinski definition) is 3. The van der Waals surface area contributed by atoms with Gasteiger partial charge < -0.3 is 15.1 Å². The van der Waals surface area contributed by atoms with Crippen LogP contribution in [0.2, 0.25) is 0 Å². The molecule has 4 rings (SSSR count). The van der Waals surface area contributed by atoms with Crippen LogP contribution in [-0.4, -0.2) is 30.8 Å². The number of nitrogens with one attached hydrogen (secondary N) is 1. The summed E-state index contributed by atoms with van der Waals surface area (Å²) in [6, 6.07) is 11.8. The first-order valence-electron chi connectivity index (χ1n) is 9.70.